The monoisotopic (exact) mass is 357 g/mol. The van der Waals surface area contributed by atoms with Crippen molar-refractivity contribution in [2.45, 2.75) is 63.4 Å². The molecule has 0 atom stereocenters. The predicted octanol–water partition coefficient (Wildman–Crippen LogP) is 4.80. The summed E-state index contributed by atoms with van der Waals surface area (Å²) in [5.41, 5.74) is 1.11. The molecular formula is C15H24BrN3S. The molecule has 20 heavy (non-hydrogen) atoms. The van der Waals surface area contributed by atoms with E-state index < -0.39 is 0 Å². The molecule has 1 N–H and O–H groups in total. The largest absolute Gasteiger partial charge is 0.369 e. The third-order valence-corrected chi connectivity index (χ3v) is 5.85. The highest BCUT2D eigenvalue weighted by Crippen LogP contribution is 2.31. The lowest BCUT2D eigenvalue weighted by atomic mass is 10.0. The fourth-order valence-electron chi connectivity index (χ4n) is 2.55. The van der Waals surface area contributed by atoms with Gasteiger partial charge in [0.05, 0.1) is 15.9 Å². The molecule has 1 heterocycles. The van der Waals surface area contributed by atoms with Gasteiger partial charge in [-0.05, 0) is 42.1 Å². The van der Waals surface area contributed by atoms with Gasteiger partial charge in [-0.25, -0.2) is 9.97 Å². The molecule has 0 spiro atoms. The Bertz CT molecular complexity index is 433. The number of anilines is 1. The van der Waals surface area contributed by atoms with Gasteiger partial charge >= 0.3 is 0 Å². The summed E-state index contributed by atoms with van der Waals surface area (Å²) in [7, 11) is 0. The Labute approximate surface area is 134 Å². The summed E-state index contributed by atoms with van der Waals surface area (Å²) < 4.78 is 1.02. The normalized spacial score (nSPS) is 16.4. The minimum absolute atomic E-state index is 0.809. The van der Waals surface area contributed by atoms with E-state index in [0.29, 0.717) is 0 Å². The summed E-state index contributed by atoms with van der Waals surface area (Å²) in [6.45, 7) is 5.12. The molecule has 2 rings (SSSR count). The summed E-state index contributed by atoms with van der Waals surface area (Å²) in [6, 6.07) is 0. The lowest BCUT2D eigenvalue weighted by molar-refractivity contribution is 0.516. The molecule has 0 radical (unpaired) electrons. The van der Waals surface area contributed by atoms with Gasteiger partial charge < -0.3 is 5.32 Å². The van der Waals surface area contributed by atoms with Crippen molar-refractivity contribution in [1.29, 1.82) is 0 Å². The van der Waals surface area contributed by atoms with Crippen LogP contribution in [0.4, 0.5) is 5.82 Å². The van der Waals surface area contributed by atoms with E-state index in [9.17, 15) is 0 Å². The van der Waals surface area contributed by atoms with Gasteiger partial charge in [0.15, 0.2) is 0 Å². The van der Waals surface area contributed by atoms with Crippen molar-refractivity contribution < 1.29 is 0 Å². The Morgan fingerprint density at radius 3 is 2.60 bits per heavy atom. The third-order valence-electron chi connectivity index (χ3n) is 3.65. The van der Waals surface area contributed by atoms with Crippen LogP contribution in [0.15, 0.2) is 4.47 Å². The minimum Gasteiger partial charge on any atom is -0.369 e. The maximum Gasteiger partial charge on any atom is 0.144 e. The Morgan fingerprint density at radius 2 is 1.95 bits per heavy atom. The van der Waals surface area contributed by atoms with Crippen molar-refractivity contribution in [3.63, 3.8) is 0 Å². The molecular weight excluding hydrogens is 334 g/mol. The molecule has 1 aliphatic carbocycles. The van der Waals surface area contributed by atoms with Crippen LogP contribution in [-0.4, -0.2) is 21.8 Å². The Hall–Kier alpha value is -0.290. The zero-order valence-corrected chi connectivity index (χ0v) is 14.8. The predicted molar refractivity (Wildman–Crippen MR) is 91.4 cm³/mol. The van der Waals surface area contributed by atoms with Crippen LogP contribution in [-0.2, 0) is 12.2 Å². The van der Waals surface area contributed by atoms with E-state index in [1.807, 2.05) is 11.8 Å². The van der Waals surface area contributed by atoms with E-state index in [2.05, 4.69) is 40.1 Å². The zero-order chi connectivity index (χ0) is 14.4. The van der Waals surface area contributed by atoms with Crippen molar-refractivity contribution in [1.82, 2.24) is 9.97 Å². The number of halogens is 1. The average molecular weight is 358 g/mol. The number of hydrogen-bond acceptors (Lipinski definition) is 4. The van der Waals surface area contributed by atoms with Crippen LogP contribution in [0, 0.1) is 0 Å². The van der Waals surface area contributed by atoms with Gasteiger partial charge in [0, 0.05) is 11.8 Å². The first kappa shape index (κ1) is 16.1. The molecule has 0 aromatic carbocycles. The SMILES string of the molecule is CCNc1nc(CSC2CCCCC2)nc(CC)c1Br. The first-order valence-electron chi connectivity index (χ1n) is 7.65. The summed E-state index contributed by atoms with van der Waals surface area (Å²) in [6.07, 6.45) is 7.85. The highest BCUT2D eigenvalue weighted by atomic mass is 79.9. The lowest BCUT2D eigenvalue weighted by Gasteiger charge is -2.20. The Balaban J connectivity index is 2.04. The standard InChI is InChI=1S/C15H24BrN3S/c1-3-12-14(16)15(17-4-2)19-13(18-12)10-20-11-8-6-5-7-9-11/h11H,3-10H2,1-2H3,(H,17,18,19). The minimum atomic E-state index is 0.809. The molecule has 112 valence electrons. The number of nitrogens with one attached hydrogen (secondary N) is 1. The lowest BCUT2D eigenvalue weighted by Crippen LogP contribution is -2.11. The van der Waals surface area contributed by atoms with Gasteiger partial charge in [-0.15, -0.1) is 0 Å². The van der Waals surface area contributed by atoms with Gasteiger partial charge in [0.25, 0.3) is 0 Å². The van der Waals surface area contributed by atoms with E-state index in [1.54, 1.807) is 0 Å². The van der Waals surface area contributed by atoms with Crippen molar-refractivity contribution in [2.75, 3.05) is 11.9 Å². The Kier molecular flexibility index (Phi) is 6.62. The molecule has 0 aliphatic heterocycles. The fraction of sp³-hybridized carbons (Fsp3) is 0.733. The smallest absolute Gasteiger partial charge is 0.144 e. The number of nitrogens with zero attached hydrogens (tertiary/aromatic N) is 2. The van der Waals surface area contributed by atoms with E-state index in [1.165, 1.54) is 32.1 Å². The molecule has 1 aliphatic rings. The molecule has 0 bridgehead atoms. The van der Waals surface area contributed by atoms with E-state index in [-0.39, 0.29) is 0 Å². The molecule has 0 unspecified atom stereocenters. The molecule has 5 heteroatoms. The van der Waals surface area contributed by atoms with E-state index in [4.69, 9.17) is 4.98 Å². The van der Waals surface area contributed by atoms with Gasteiger partial charge in [-0.1, -0.05) is 26.2 Å². The van der Waals surface area contributed by atoms with Crippen molar-refractivity contribution in [2.24, 2.45) is 0 Å². The molecule has 1 aromatic rings. The number of aryl methyl sites for hydroxylation is 1. The van der Waals surface area contributed by atoms with Crippen LogP contribution in [0.3, 0.4) is 0 Å². The summed E-state index contributed by atoms with van der Waals surface area (Å²) in [5.74, 6) is 2.85. The average Bonchev–Trinajstić information content (AvgIpc) is 2.49. The summed E-state index contributed by atoms with van der Waals surface area (Å²) in [4.78, 5) is 9.36. The molecule has 1 saturated carbocycles. The molecule has 0 saturated heterocycles. The molecule has 0 amide bonds. The Morgan fingerprint density at radius 1 is 1.20 bits per heavy atom. The number of aromatic nitrogens is 2. The highest BCUT2D eigenvalue weighted by molar-refractivity contribution is 9.10. The molecule has 3 nitrogen and oxygen atoms in total. The maximum absolute atomic E-state index is 4.70. The second-order valence-electron chi connectivity index (χ2n) is 5.20. The maximum atomic E-state index is 4.70. The second-order valence-corrected chi connectivity index (χ2v) is 7.29. The van der Waals surface area contributed by atoms with Crippen molar-refractivity contribution in [3.05, 3.63) is 16.0 Å². The summed E-state index contributed by atoms with van der Waals surface area (Å²) >= 11 is 5.64. The van der Waals surface area contributed by atoms with Crippen molar-refractivity contribution in [3.8, 4) is 0 Å². The van der Waals surface area contributed by atoms with Gasteiger partial charge in [0.1, 0.15) is 11.6 Å². The first-order chi connectivity index (χ1) is 9.74. The van der Waals surface area contributed by atoms with Crippen LogP contribution in [0.1, 0.15) is 57.5 Å². The van der Waals surface area contributed by atoms with Crippen LogP contribution >= 0.6 is 27.7 Å². The zero-order valence-electron chi connectivity index (χ0n) is 12.4. The highest BCUT2D eigenvalue weighted by Gasteiger charge is 2.16. The number of thioether (sulfide) groups is 1. The second kappa shape index (κ2) is 8.23. The molecule has 1 fully saturated rings. The quantitative estimate of drug-likeness (QED) is 0.793. The number of rotatable bonds is 6. The van der Waals surface area contributed by atoms with Gasteiger partial charge in [-0.3, -0.25) is 0 Å². The van der Waals surface area contributed by atoms with Crippen molar-refractivity contribution >= 4 is 33.5 Å². The van der Waals surface area contributed by atoms with Crippen LogP contribution < -0.4 is 5.32 Å². The van der Waals surface area contributed by atoms with Crippen LogP contribution in [0.25, 0.3) is 0 Å². The van der Waals surface area contributed by atoms with E-state index >= 15 is 0 Å². The van der Waals surface area contributed by atoms with Gasteiger partial charge in [0.2, 0.25) is 0 Å². The summed E-state index contributed by atoms with van der Waals surface area (Å²) in [5, 5.41) is 4.13. The van der Waals surface area contributed by atoms with Crippen LogP contribution in [0.2, 0.25) is 0 Å². The van der Waals surface area contributed by atoms with Gasteiger partial charge in [-0.2, -0.15) is 11.8 Å². The third kappa shape index (κ3) is 4.35. The van der Waals surface area contributed by atoms with Crippen LogP contribution in [0.5, 0.6) is 0 Å². The topological polar surface area (TPSA) is 37.8 Å². The number of hydrogen-bond donors (Lipinski definition) is 1. The fourth-order valence-corrected chi connectivity index (χ4v) is 4.33. The van der Waals surface area contributed by atoms with E-state index in [0.717, 1.165) is 45.8 Å². The molecule has 1 aromatic heterocycles. The first-order valence-corrected chi connectivity index (χ1v) is 9.49.